The highest BCUT2D eigenvalue weighted by Crippen LogP contribution is 2.20. The Balaban J connectivity index is 1.81. The number of hydrogen-bond donors (Lipinski definition) is 2. The van der Waals surface area contributed by atoms with Gasteiger partial charge in [-0.2, -0.15) is 0 Å². The van der Waals surface area contributed by atoms with E-state index in [9.17, 15) is 9.59 Å². The fraction of sp³-hybridized carbons (Fsp3) is 0.600. The summed E-state index contributed by atoms with van der Waals surface area (Å²) in [5.41, 5.74) is 2.10. The fourth-order valence-corrected chi connectivity index (χ4v) is 3.47. The Morgan fingerprint density at radius 3 is 2.56 bits per heavy atom. The molecule has 5 nitrogen and oxygen atoms in total. The molecule has 0 aromatic heterocycles. The molecule has 1 fully saturated rings. The van der Waals surface area contributed by atoms with Crippen molar-refractivity contribution in [3.05, 3.63) is 35.4 Å². The Labute approximate surface area is 151 Å². The van der Waals surface area contributed by atoms with Gasteiger partial charge in [0.25, 0.3) is 0 Å². The van der Waals surface area contributed by atoms with Crippen molar-refractivity contribution in [1.29, 1.82) is 0 Å². The van der Waals surface area contributed by atoms with Gasteiger partial charge < -0.3 is 10.6 Å². The van der Waals surface area contributed by atoms with E-state index in [0.717, 1.165) is 24.0 Å². The van der Waals surface area contributed by atoms with Crippen LogP contribution in [0, 0.1) is 6.92 Å². The zero-order valence-electron chi connectivity index (χ0n) is 15.7. The predicted molar refractivity (Wildman–Crippen MR) is 100 cm³/mol. The summed E-state index contributed by atoms with van der Waals surface area (Å²) >= 11 is 0. The second kappa shape index (κ2) is 9.56. The van der Waals surface area contributed by atoms with Crippen LogP contribution in [0.25, 0.3) is 0 Å². The van der Waals surface area contributed by atoms with E-state index < -0.39 is 0 Å². The molecule has 0 aliphatic heterocycles. The highest BCUT2D eigenvalue weighted by atomic mass is 16.2. The Morgan fingerprint density at radius 2 is 1.92 bits per heavy atom. The lowest BCUT2D eigenvalue weighted by Crippen LogP contribution is -2.40. The molecular formula is C20H31N3O2. The minimum atomic E-state index is -0.346. The van der Waals surface area contributed by atoms with Crippen molar-refractivity contribution in [1.82, 2.24) is 15.5 Å². The molecule has 2 N–H and O–H groups in total. The van der Waals surface area contributed by atoms with Crippen molar-refractivity contribution >= 4 is 11.8 Å². The molecule has 0 spiro atoms. The molecule has 0 bridgehead atoms. The molecule has 1 aliphatic carbocycles. The van der Waals surface area contributed by atoms with Crippen LogP contribution in [-0.2, 0) is 9.59 Å². The third-order valence-electron chi connectivity index (χ3n) is 4.74. The molecule has 1 aliphatic rings. The van der Waals surface area contributed by atoms with E-state index in [1.807, 2.05) is 50.2 Å². The van der Waals surface area contributed by atoms with Crippen molar-refractivity contribution in [2.45, 2.75) is 57.5 Å². The average molecular weight is 345 g/mol. The van der Waals surface area contributed by atoms with Crippen LogP contribution in [0.3, 0.4) is 0 Å². The first kappa shape index (κ1) is 19.4. The standard InChI is InChI=1S/C20H31N3O2/c1-15-8-7-9-16(14-15)19(23(2)3)20(25)21-13-12-18(24)22-17-10-5-4-6-11-17/h7-9,14,17,19H,4-6,10-13H2,1-3H3,(H,21,25)(H,22,24). The Morgan fingerprint density at radius 1 is 1.20 bits per heavy atom. The Hall–Kier alpha value is -1.88. The van der Waals surface area contributed by atoms with Gasteiger partial charge in [-0.25, -0.2) is 0 Å². The summed E-state index contributed by atoms with van der Waals surface area (Å²) in [6.07, 6.45) is 6.15. The van der Waals surface area contributed by atoms with Gasteiger partial charge in [-0.3, -0.25) is 14.5 Å². The second-order valence-electron chi connectivity index (χ2n) is 7.22. The molecular weight excluding hydrogens is 314 g/mol. The maximum Gasteiger partial charge on any atom is 0.241 e. The zero-order chi connectivity index (χ0) is 18.2. The number of hydrogen-bond acceptors (Lipinski definition) is 3. The lowest BCUT2D eigenvalue weighted by Gasteiger charge is -2.25. The molecule has 1 atom stereocenters. The van der Waals surface area contributed by atoms with Gasteiger partial charge in [0.1, 0.15) is 6.04 Å². The van der Waals surface area contributed by atoms with Crippen LogP contribution in [0.4, 0.5) is 0 Å². The van der Waals surface area contributed by atoms with Crippen LogP contribution in [0.5, 0.6) is 0 Å². The summed E-state index contributed by atoms with van der Waals surface area (Å²) in [6, 6.07) is 7.95. The van der Waals surface area contributed by atoms with E-state index >= 15 is 0 Å². The molecule has 2 amide bonds. The van der Waals surface area contributed by atoms with Crippen molar-refractivity contribution in [3.63, 3.8) is 0 Å². The number of carbonyl (C=O) groups is 2. The minimum Gasteiger partial charge on any atom is -0.354 e. The van der Waals surface area contributed by atoms with Gasteiger partial charge in [-0.1, -0.05) is 49.1 Å². The summed E-state index contributed by atoms with van der Waals surface area (Å²) in [5.74, 6) is -0.0368. The van der Waals surface area contributed by atoms with E-state index in [0.29, 0.717) is 19.0 Å². The maximum atomic E-state index is 12.6. The summed E-state index contributed by atoms with van der Waals surface area (Å²) in [4.78, 5) is 26.5. The van der Waals surface area contributed by atoms with E-state index in [2.05, 4.69) is 10.6 Å². The summed E-state index contributed by atoms with van der Waals surface area (Å²) in [6.45, 7) is 2.39. The number of likely N-dealkylation sites (N-methyl/N-ethyl adjacent to an activating group) is 1. The third-order valence-corrected chi connectivity index (χ3v) is 4.74. The number of carbonyl (C=O) groups excluding carboxylic acids is 2. The minimum absolute atomic E-state index is 0.0316. The molecule has 0 heterocycles. The van der Waals surface area contributed by atoms with E-state index in [-0.39, 0.29) is 17.9 Å². The lowest BCUT2D eigenvalue weighted by atomic mass is 9.95. The average Bonchev–Trinajstić information content (AvgIpc) is 2.55. The van der Waals surface area contributed by atoms with Crippen molar-refractivity contribution in [3.8, 4) is 0 Å². The van der Waals surface area contributed by atoms with Gasteiger partial charge in [0.2, 0.25) is 11.8 Å². The zero-order valence-corrected chi connectivity index (χ0v) is 15.7. The maximum absolute atomic E-state index is 12.6. The van der Waals surface area contributed by atoms with E-state index in [1.165, 1.54) is 19.3 Å². The molecule has 1 aromatic carbocycles. The molecule has 0 radical (unpaired) electrons. The monoisotopic (exact) mass is 345 g/mol. The second-order valence-corrected chi connectivity index (χ2v) is 7.22. The molecule has 5 heteroatoms. The number of nitrogens with one attached hydrogen (secondary N) is 2. The number of amides is 2. The van der Waals surface area contributed by atoms with Gasteiger partial charge in [-0.05, 0) is 39.4 Å². The van der Waals surface area contributed by atoms with Crippen LogP contribution in [0.15, 0.2) is 24.3 Å². The molecule has 138 valence electrons. The Kier molecular flexibility index (Phi) is 7.44. The molecule has 1 aromatic rings. The number of rotatable bonds is 7. The smallest absolute Gasteiger partial charge is 0.241 e. The lowest BCUT2D eigenvalue weighted by molar-refractivity contribution is -0.126. The van der Waals surface area contributed by atoms with Crippen LogP contribution in [0.1, 0.15) is 55.7 Å². The Bertz CT molecular complexity index is 580. The summed E-state index contributed by atoms with van der Waals surface area (Å²) in [7, 11) is 3.78. The molecule has 1 saturated carbocycles. The van der Waals surface area contributed by atoms with E-state index in [4.69, 9.17) is 0 Å². The molecule has 2 rings (SSSR count). The molecule has 1 unspecified atom stereocenters. The highest BCUT2D eigenvalue weighted by molar-refractivity contribution is 5.84. The molecule has 0 saturated heterocycles. The van der Waals surface area contributed by atoms with Crippen LogP contribution in [-0.4, -0.2) is 43.4 Å². The summed E-state index contributed by atoms with van der Waals surface area (Å²) < 4.78 is 0. The number of aryl methyl sites for hydroxylation is 1. The SMILES string of the molecule is Cc1cccc(C(C(=O)NCCC(=O)NC2CCCCC2)N(C)C)c1. The molecule has 25 heavy (non-hydrogen) atoms. The fourth-order valence-electron chi connectivity index (χ4n) is 3.47. The van der Waals surface area contributed by atoms with Gasteiger partial charge in [0.05, 0.1) is 0 Å². The van der Waals surface area contributed by atoms with E-state index in [1.54, 1.807) is 0 Å². The van der Waals surface area contributed by atoms with Crippen LogP contribution < -0.4 is 10.6 Å². The first-order valence-corrected chi connectivity index (χ1v) is 9.27. The number of benzene rings is 1. The highest BCUT2D eigenvalue weighted by Gasteiger charge is 2.23. The van der Waals surface area contributed by atoms with Crippen molar-refractivity contribution in [2.24, 2.45) is 0 Å². The predicted octanol–water partition coefficient (Wildman–Crippen LogP) is 2.55. The van der Waals surface area contributed by atoms with Crippen molar-refractivity contribution < 1.29 is 9.59 Å². The first-order valence-electron chi connectivity index (χ1n) is 9.27. The van der Waals surface area contributed by atoms with Gasteiger partial charge >= 0.3 is 0 Å². The summed E-state index contributed by atoms with van der Waals surface area (Å²) in [5, 5.41) is 5.99. The van der Waals surface area contributed by atoms with Crippen LogP contribution in [0.2, 0.25) is 0 Å². The van der Waals surface area contributed by atoms with Crippen molar-refractivity contribution in [2.75, 3.05) is 20.6 Å². The number of nitrogens with zero attached hydrogens (tertiary/aromatic N) is 1. The third kappa shape index (κ3) is 6.16. The van der Waals surface area contributed by atoms with Gasteiger partial charge in [0, 0.05) is 19.0 Å². The van der Waals surface area contributed by atoms with Gasteiger partial charge in [-0.15, -0.1) is 0 Å². The van der Waals surface area contributed by atoms with Crippen LogP contribution >= 0.6 is 0 Å². The topological polar surface area (TPSA) is 61.4 Å². The van der Waals surface area contributed by atoms with Gasteiger partial charge in [0.15, 0.2) is 0 Å². The largest absolute Gasteiger partial charge is 0.354 e. The first-order chi connectivity index (χ1) is 12.0. The quantitative estimate of drug-likeness (QED) is 0.798. The normalized spacial score (nSPS) is 16.5.